The summed E-state index contributed by atoms with van der Waals surface area (Å²) >= 11 is 0. The average molecular weight is 234 g/mol. The second-order valence-electron chi connectivity index (χ2n) is 3.68. The number of hydrogen-bond acceptors (Lipinski definition) is 4. The van der Waals surface area contributed by atoms with E-state index in [4.69, 9.17) is 9.57 Å². The van der Waals surface area contributed by atoms with Crippen LogP contribution in [0.2, 0.25) is 0 Å². The molecule has 5 heteroatoms. The molecule has 5 nitrogen and oxygen atoms in total. The first-order chi connectivity index (χ1) is 8.22. The van der Waals surface area contributed by atoms with Crippen LogP contribution in [0.3, 0.4) is 0 Å². The molecular formula is C12H14N2O3. The number of hydrogen-bond donors (Lipinski definition) is 0. The maximum atomic E-state index is 11.4. The van der Waals surface area contributed by atoms with Crippen LogP contribution in [-0.4, -0.2) is 32.1 Å². The third-order valence-electron chi connectivity index (χ3n) is 2.56. The molecule has 1 aliphatic rings. The van der Waals surface area contributed by atoms with Crippen LogP contribution in [0, 0.1) is 0 Å². The van der Waals surface area contributed by atoms with Crippen molar-refractivity contribution in [3.63, 3.8) is 0 Å². The maximum absolute atomic E-state index is 11.4. The van der Waals surface area contributed by atoms with Crippen molar-refractivity contribution in [1.82, 2.24) is 0 Å². The molecule has 1 amide bonds. The Kier molecular flexibility index (Phi) is 3.27. The van der Waals surface area contributed by atoms with Gasteiger partial charge in [-0.05, 0) is 19.1 Å². The van der Waals surface area contributed by atoms with Gasteiger partial charge in [-0.2, -0.15) is 0 Å². The predicted molar refractivity (Wildman–Crippen MR) is 64.4 cm³/mol. The molecule has 90 valence electrons. The van der Waals surface area contributed by atoms with Crippen molar-refractivity contribution in [2.24, 2.45) is 5.16 Å². The number of carbonyl (C=O) groups excluding carboxylic acids is 1. The second kappa shape index (κ2) is 4.86. The molecular weight excluding hydrogens is 220 g/mol. The van der Waals surface area contributed by atoms with Gasteiger partial charge in [-0.1, -0.05) is 17.3 Å². The van der Waals surface area contributed by atoms with Gasteiger partial charge in [-0.25, -0.2) is 4.79 Å². The number of oxime groups is 1. The van der Waals surface area contributed by atoms with Crippen LogP contribution in [-0.2, 0) is 9.57 Å². The Morgan fingerprint density at radius 1 is 1.53 bits per heavy atom. The van der Waals surface area contributed by atoms with E-state index in [1.165, 1.54) is 7.11 Å². The van der Waals surface area contributed by atoms with Gasteiger partial charge < -0.3 is 9.57 Å². The fourth-order valence-corrected chi connectivity index (χ4v) is 1.72. The molecule has 0 radical (unpaired) electrons. The van der Waals surface area contributed by atoms with Crippen molar-refractivity contribution >= 4 is 17.5 Å². The smallest absolute Gasteiger partial charge is 0.414 e. The fraction of sp³-hybridized carbons (Fsp3) is 0.333. The Morgan fingerprint density at radius 3 is 3.00 bits per heavy atom. The summed E-state index contributed by atoms with van der Waals surface area (Å²) < 4.78 is 4.90. The first-order valence-corrected chi connectivity index (χ1v) is 5.35. The molecule has 1 aliphatic heterocycles. The number of carbonyl (C=O) groups is 1. The van der Waals surface area contributed by atoms with E-state index in [1.807, 2.05) is 31.2 Å². The lowest BCUT2D eigenvalue weighted by Gasteiger charge is -2.13. The van der Waals surface area contributed by atoms with Gasteiger partial charge in [0.25, 0.3) is 0 Å². The first-order valence-electron chi connectivity index (χ1n) is 5.35. The molecule has 0 atom stereocenters. The molecule has 1 saturated heterocycles. The average Bonchev–Trinajstić information content (AvgIpc) is 2.76. The lowest BCUT2D eigenvalue weighted by atomic mass is 10.1. The van der Waals surface area contributed by atoms with Crippen molar-refractivity contribution in [3.05, 3.63) is 29.8 Å². The number of amides is 1. The summed E-state index contributed by atoms with van der Waals surface area (Å²) in [6, 6.07) is 7.56. The van der Waals surface area contributed by atoms with Crippen molar-refractivity contribution in [1.29, 1.82) is 0 Å². The van der Waals surface area contributed by atoms with Gasteiger partial charge in [0.1, 0.15) is 13.7 Å². The lowest BCUT2D eigenvalue weighted by Crippen LogP contribution is -2.23. The number of nitrogens with zero attached hydrogens (tertiary/aromatic N) is 2. The number of ether oxygens (including phenoxy) is 1. The van der Waals surface area contributed by atoms with Crippen molar-refractivity contribution in [2.45, 2.75) is 6.92 Å². The number of benzene rings is 1. The van der Waals surface area contributed by atoms with Gasteiger partial charge >= 0.3 is 6.09 Å². The van der Waals surface area contributed by atoms with Gasteiger partial charge in [0.15, 0.2) is 0 Å². The monoisotopic (exact) mass is 234 g/mol. The molecule has 1 aromatic carbocycles. The summed E-state index contributed by atoms with van der Waals surface area (Å²) in [6.07, 6.45) is -0.302. The Bertz CT molecular complexity index is 457. The van der Waals surface area contributed by atoms with Crippen molar-refractivity contribution < 1.29 is 14.4 Å². The molecule has 0 N–H and O–H groups in total. The summed E-state index contributed by atoms with van der Waals surface area (Å²) in [5, 5.41) is 3.86. The topological polar surface area (TPSA) is 51.1 Å². The first kappa shape index (κ1) is 11.4. The van der Waals surface area contributed by atoms with Crippen molar-refractivity contribution in [3.8, 4) is 0 Å². The Balaban J connectivity index is 2.28. The quantitative estimate of drug-likeness (QED) is 0.593. The zero-order valence-electron chi connectivity index (χ0n) is 9.84. The van der Waals surface area contributed by atoms with E-state index >= 15 is 0 Å². The Morgan fingerprint density at radius 2 is 2.35 bits per heavy atom. The highest BCUT2D eigenvalue weighted by Crippen LogP contribution is 2.20. The van der Waals surface area contributed by atoms with Crippen LogP contribution in [0.1, 0.15) is 12.5 Å². The minimum Gasteiger partial charge on any atom is -0.447 e. The molecule has 1 aromatic rings. The molecule has 0 unspecified atom stereocenters. The van der Waals surface area contributed by atoms with E-state index in [-0.39, 0.29) is 6.09 Å². The van der Waals surface area contributed by atoms with E-state index in [9.17, 15) is 4.79 Å². The maximum Gasteiger partial charge on any atom is 0.414 e. The van der Waals surface area contributed by atoms with Crippen LogP contribution in [0.4, 0.5) is 10.5 Å². The summed E-state index contributed by atoms with van der Waals surface area (Å²) in [6.45, 7) is 2.88. The molecule has 0 bridgehead atoms. The highest BCUT2D eigenvalue weighted by atomic mass is 16.6. The van der Waals surface area contributed by atoms with Crippen LogP contribution in [0.15, 0.2) is 29.4 Å². The van der Waals surface area contributed by atoms with E-state index in [0.717, 1.165) is 17.0 Å². The van der Waals surface area contributed by atoms with Gasteiger partial charge in [-0.15, -0.1) is 0 Å². The number of anilines is 1. The molecule has 0 aromatic heterocycles. The Hall–Kier alpha value is -2.04. The standard InChI is InChI=1S/C12H14N2O3/c1-9(13-16-2)10-4-3-5-11(8-10)14-6-7-17-12(14)15/h3-5,8H,6-7H2,1-2H3. The van der Waals surface area contributed by atoms with Gasteiger partial charge in [-0.3, -0.25) is 4.90 Å². The number of cyclic esters (lactones) is 1. The molecule has 17 heavy (non-hydrogen) atoms. The third-order valence-corrected chi connectivity index (χ3v) is 2.56. The summed E-state index contributed by atoms with van der Waals surface area (Å²) in [7, 11) is 1.51. The van der Waals surface area contributed by atoms with E-state index < -0.39 is 0 Å². The van der Waals surface area contributed by atoms with Crippen LogP contribution >= 0.6 is 0 Å². The minimum atomic E-state index is -0.302. The highest BCUT2D eigenvalue weighted by molar-refractivity contribution is 6.00. The van der Waals surface area contributed by atoms with Crippen LogP contribution in [0.5, 0.6) is 0 Å². The second-order valence-corrected chi connectivity index (χ2v) is 3.68. The van der Waals surface area contributed by atoms with E-state index in [1.54, 1.807) is 4.90 Å². The fourth-order valence-electron chi connectivity index (χ4n) is 1.72. The van der Waals surface area contributed by atoms with E-state index in [0.29, 0.717) is 13.2 Å². The molecule has 1 heterocycles. The minimum absolute atomic E-state index is 0.302. The molecule has 1 fully saturated rings. The van der Waals surface area contributed by atoms with Gasteiger partial charge in [0, 0.05) is 11.3 Å². The normalized spacial score (nSPS) is 16.0. The highest BCUT2D eigenvalue weighted by Gasteiger charge is 2.23. The molecule has 0 aliphatic carbocycles. The van der Waals surface area contributed by atoms with Gasteiger partial charge in [0.05, 0.1) is 12.3 Å². The van der Waals surface area contributed by atoms with E-state index in [2.05, 4.69) is 5.16 Å². The Labute approximate surface area is 99.6 Å². The molecule has 0 saturated carbocycles. The lowest BCUT2D eigenvalue weighted by molar-refractivity contribution is 0.181. The summed E-state index contributed by atoms with van der Waals surface area (Å²) in [4.78, 5) is 17.8. The van der Waals surface area contributed by atoms with Gasteiger partial charge in [0.2, 0.25) is 0 Å². The SMILES string of the molecule is CON=C(C)c1cccc(N2CCOC2=O)c1. The predicted octanol–water partition coefficient (Wildman–Crippen LogP) is 2.01. The molecule has 0 spiro atoms. The largest absolute Gasteiger partial charge is 0.447 e. The van der Waals surface area contributed by atoms with Crippen LogP contribution < -0.4 is 4.90 Å². The van der Waals surface area contributed by atoms with Crippen LogP contribution in [0.25, 0.3) is 0 Å². The van der Waals surface area contributed by atoms with Crippen molar-refractivity contribution in [2.75, 3.05) is 25.2 Å². The zero-order chi connectivity index (χ0) is 12.3. The third kappa shape index (κ3) is 2.38. The summed E-state index contributed by atoms with van der Waals surface area (Å²) in [5.41, 5.74) is 2.50. The zero-order valence-corrected chi connectivity index (χ0v) is 9.84. The molecule has 2 rings (SSSR count). The number of rotatable bonds is 3. The summed E-state index contributed by atoms with van der Waals surface area (Å²) in [5.74, 6) is 0.